The molecule has 0 aromatic carbocycles. The predicted octanol–water partition coefficient (Wildman–Crippen LogP) is 1.68. The van der Waals surface area contributed by atoms with Gasteiger partial charge in [0.05, 0.1) is 25.0 Å². The maximum atomic E-state index is 12.3. The molecule has 0 saturated carbocycles. The Labute approximate surface area is 129 Å². The molecule has 6 heteroatoms. The fraction of sp³-hybridized carbons (Fsp3) is 0.500. The van der Waals surface area contributed by atoms with Gasteiger partial charge in [0.25, 0.3) is 0 Å². The number of hydrogen-bond acceptors (Lipinski definition) is 4. The number of hydrogen-bond donors (Lipinski definition) is 0. The summed E-state index contributed by atoms with van der Waals surface area (Å²) in [6, 6.07) is 3.70. The summed E-state index contributed by atoms with van der Waals surface area (Å²) in [4.78, 5) is 14.0. The zero-order valence-electron chi connectivity index (χ0n) is 13.0. The number of rotatable bonds is 6. The van der Waals surface area contributed by atoms with E-state index in [4.69, 9.17) is 9.15 Å². The molecule has 1 amide bonds. The molecule has 0 radical (unpaired) electrons. The smallest absolute Gasteiger partial charge is 0.249 e. The van der Waals surface area contributed by atoms with Crippen LogP contribution >= 0.6 is 0 Å². The minimum Gasteiger partial charge on any atom is -0.467 e. The molecule has 1 aliphatic carbocycles. The summed E-state index contributed by atoms with van der Waals surface area (Å²) in [5, 5.41) is 4.60. The van der Waals surface area contributed by atoms with E-state index in [1.165, 1.54) is 18.4 Å². The Morgan fingerprint density at radius 1 is 1.45 bits per heavy atom. The van der Waals surface area contributed by atoms with Crippen LogP contribution in [-0.4, -0.2) is 34.3 Å². The van der Waals surface area contributed by atoms with Crippen LogP contribution in [0.4, 0.5) is 0 Å². The average molecular weight is 303 g/mol. The molecule has 0 aliphatic heterocycles. The quantitative estimate of drug-likeness (QED) is 0.814. The first-order chi connectivity index (χ1) is 10.7. The van der Waals surface area contributed by atoms with E-state index in [9.17, 15) is 4.79 Å². The molecule has 6 nitrogen and oxygen atoms in total. The SMILES string of the molecule is COCC(=O)N(Cc1ccco1)Cc1nn(C)c2c1CCC2. The molecule has 0 fully saturated rings. The maximum absolute atomic E-state index is 12.3. The van der Waals surface area contributed by atoms with Crippen LogP contribution in [0.2, 0.25) is 0 Å². The Morgan fingerprint density at radius 3 is 3.05 bits per heavy atom. The predicted molar refractivity (Wildman–Crippen MR) is 80.1 cm³/mol. The second-order valence-electron chi connectivity index (χ2n) is 5.61. The largest absolute Gasteiger partial charge is 0.467 e. The highest BCUT2D eigenvalue weighted by atomic mass is 16.5. The molecular formula is C16H21N3O3. The van der Waals surface area contributed by atoms with Crippen LogP contribution in [0.1, 0.15) is 29.1 Å². The van der Waals surface area contributed by atoms with Crippen LogP contribution in [0.5, 0.6) is 0 Å². The molecule has 0 saturated heterocycles. The Hall–Kier alpha value is -2.08. The van der Waals surface area contributed by atoms with Crippen molar-refractivity contribution < 1.29 is 13.9 Å². The van der Waals surface area contributed by atoms with Crippen LogP contribution in [-0.2, 0) is 42.5 Å². The third kappa shape index (κ3) is 2.92. The summed E-state index contributed by atoms with van der Waals surface area (Å²) in [5.41, 5.74) is 3.59. The van der Waals surface area contributed by atoms with Gasteiger partial charge in [-0.2, -0.15) is 5.10 Å². The summed E-state index contributed by atoms with van der Waals surface area (Å²) in [7, 11) is 3.50. The molecule has 1 aliphatic rings. The van der Waals surface area contributed by atoms with Crippen molar-refractivity contribution in [2.75, 3.05) is 13.7 Å². The van der Waals surface area contributed by atoms with Gasteiger partial charge in [-0.05, 0) is 37.0 Å². The lowest BCUT2D eigenvalue weighted by Crippen LogP contribution is -2.33. The van der Waals surface area contributed by atoms with Gasteiger partial charge in [-0.3, -0.25) is 9.48 Å². The maximum Gasteiger partial charge on any atom is 0.249 e. The lowest BCUT2D eigenvalue weighted by Gasteiger charge is -2.21. The van der Waals surface area contributed by atoms with Crippen molar-refractivity contribution in [1.29, 1.82) is 0 Å². The number of furan rings is 1. The monoisotopic (exact) mass is 303 g/mol. The Balaban J connectivity index is 1.80. The fourth-order valence-corrected chi connectivity index (χ4v) is 3.04. The van der Waals surface area contributed by atoms with Gasteiger partial charge >= 0.3 is 0 Å². The van der Waals surface area contributed by atoms with E-state index in [1.54, 1.807) is 11.2 Å². The van der Waals surface area contributed by atoms with Crippen LogP contribution in [0, 0.1) is 0 Å². The standard InChI is InChI=1S/C16H21N3O3/c1-18-15-7-3-6-13(15)14(17-18)10-19(16(20)11-21-2)9-12-5-4-8-22-12/h4-5,8H,3,6-7,9-11H2,1-2H3. The van der Waals surface area contributed by atoms with Crippen molar-refractivity contribution in [3.8, 4) is 0 Å². The normalized spacial score (nSPS) is 13.4. The zero-order chi connectivity index (χ0) is 15.5. The summed E-state index contributed by atoms with van der Waals surface area (Å²) in [5.74, 6) is 0.702. The zero-order valence-corrected chi connectivity index (χ0v) is 13.0. The van der Waals surface area contributed by atoms with Crippen LogP contribution < -0.4 is 0 Å². The van der Waals surface area contributed by atoms with Gasteiger partial charge in [-0.1, -0.05) is 0 Å². The highest BCUT2D eigenvalue weighted by molar-refractivity contribution is 5.77. The van der Waals surface area contributed by atoms with E-state index in [-0.39, 0.29) is 12.5 Å². The molecule has 0 N–H and O–H groups in total. The van der Waals surface area contributed by atoms with Gasteiger partial charge in [-0.25, -0.2) is 0 Å². The lowest BCUT2D eigenvalue weighted by molar-refractivity contribution is -0.136. The molecule has 0 atom stereocenters. The highest BCUT2D eigenvalue weighted by Gasteiger charge is 2.24. The van der Waals surface area contributed by atoms with Gasteiger partial charge in [-0.15, -0.1) is 0 Å². The number of methoxy groups -OCH3 is 1. The van der Waals surface area contributed by atoms with E-state index in [0.29, 0.717) is 13.1 Å². The van der Waals surface area contributed by atoms with Crippen molar-refractivity contribution in [1.82, 2.24) is 14.7 Å². The van der Waals surface area contributed by atoms with Crippen molar-refractivity contribution in [2.45, 2.75) is 32.4 Å². The fourth-order valence-electron chi connectivity index (χ4n) is 3.04. The number of fused-ring (bicyclic) bond motifs is 1. The molecule has 3 rings (SSSR count). The number of carbonyl (C=O) groups is 1. The van der Waals surface area contributed by atoms with Crippen LogP contribution in [0.25, 0.3) is 0 Å². The highest BCUT2D eigenvalue weighted by Crippen LogP contribution is 2.26. The van der Waals surface area contributed by atoms with E-state index < -0.39 is 0 Å². The van der Waals surface area contributed by atoms with Crippen molar-refractivity contribution in [2.24, 2.45) is 7.05 Å². The first-order valence-corrected chi connectivity index (χ1v) is 7.51. The Morgan fingerprint density at radius 2 is 2.32 bits per heavy atom. The molecule has 118 valence electrons. The average Bonchev–Trinajstić information content (AvgIpc) is 3.20. The number of ether oxygens (including phenoxy) is 1. The van der Waals surface area contributed by atoms with E-state index in [0.717, 1.165) is 30.7 Å². The molecule has 0 unspecified atom stereocenters. The third-order valence-corrected chi connectivity index (χ3v) is 4.09. The Kier molecular flexibility index (Phi) is 4.29. The molecule has 0 spiro atoms. The van der Waals surface area contributed by atoms with Gasteiger partial charge in [0.15, 0.2) is 0 Å². The molecule has 2 aromatic heterocycles. The van der Waals surface area contributed by atoms with Crippen LogP contribution in [0.3, 0.4) is 0 Å². The van der Waals surface area contributed by atoms with Crippen LogP contribution in [0.15, 0.2) is 22.8 Å². The summed E-state index contributed by atoms with van der Waals surface area (Å²) >= 11 is 0. The van der Waals surface area contributed by atoms with E-state index in [1.807, 2.05) is 23.9 Å². The number of amides is 1. The number of carbonyl (C=O) groups excluding carboxylic acids is 1. The molecule has 2 heterocycles. The summed E-state index contributed by atoms with van der Waals surface area (Å²) in [6.07, 6.45) is 4.90. The van der Waals surface area contributed by atoms with Crippen molar-refractivity contribution >= 4 is 5.91 Å². The number of nitrogens with zero attached hydrogens (tertiary/aromatic N) is 3. The molecule has 22 heavy (non-hydrogen) atoms. The lowest BCUT2D eigenvalue weighted by atomic mass is 10.2. The minimum atomic E-state index is -0.0590. The number of aryl methyl sites for hydroxylation is 1. The van der Waals surface area contributed by atoms with Crippen molar-refractivity contribution in [3.05, 3.63) is 41.1 Å². The first-order valence-electron chi connectivity index (χ1n) is 7.51. The van der Waals surface area contributed by atoms with E-state index >= 15 is 0 Å². The second-order valence-corrected chi connectivity index (χ2v) is 5.61. The second kappa shape index (κ2) is 6.36. The summed E-state index contributed by atoms with van der Waals surface area (Å²) in [6.45, 7) is 0.988. The molecular weight excluding hydrogens is 282 g/mol. The molecule has 0 bridgehead atoms. The Bertz CT molecular complexity index is 646. The first kappa shape index (κ1) is 14.8. The third-order valence-electron chi connectivity index (χ3n) is 4.09. The summed E-state index contributed by atoms with van der Waals surface area (Å²) < 4.78 is 12.3. The van der Waals surface area contributed by atoms with Gasteiger partial charge in [0, 0.05) is 19.9 Å². The van der Waals surface area contributed by atoms with Gasteiger partial charge in [0.2, 0.25) is 5.91 Å². The van der Waals surface area contributed by atoms with Crippen molar-refractivity contribution in [3.63, 3.8) is 0 Å². The number of aromatic nitrogens is 2. The van der Waals surface area contributed by atoms with Gasteiger partial charge < -0.3 is 14.1 Å². The van der Waals surface area contributed by atoms with Gasteiger partial charge in [0.1, 0.15) is 12.4 Å². The molecule has 2 aromatic rings. The topological polar surface area (TPSA) is 60.5 Å². The minimum absolute atomic E-state index is 0.0590. The van der Waals surface area contributed by atoms with E-state index in [2.05, 4.69) is 5.10 Å².